The minimum absolute atomic E-state index is 0.00107. The Morgan fingerprint density at radius 2 is 1.20 bits per heavy atom. The van der Waals surface area contributed by atoms with Crippen molar-refractivity contribution in [3.8, 4) is 11.5 Å². The average Bonchev–Trinajstić information content (AvgIpc) is 2.88. The molecule has 0 saturated heterocycles. The number of aliphatic carboxylic acids is 1. The third-order valence-corrected chi connectivity index (χ3v) is 6.00. The van der Waals surface area contributed by atoms with Crippen molar-refractivity contribution in [2.24, 2.45) is 17.4 Å². The van der Waals surface area contributed by atoms with Crippen LogP contribution in [0.4, 0.5) is 0 Å². The number of nitrogens with two attached hydrogens (primary N) is 2. The van der Waals surface area contributed by atoms with E-state index in [-0.39, 0.29) is 24.3 Å². The Morgan fingerprint density at radius 1 is 0.725 bits per heavy atom. The fourth-order valence-electron chi connectivity index (χ4n) is 3.79. The summed E-state index contributed by atoms with van der Waals surface area (Å²) in [6.45, 7) is 3.24. The van der Waals surface area contributed by atoms with Crippen LogP contribution in [-0.4, -0.2) is 69.1 Å². The number of carbonyl (C=O) groups is 5. The SMILES string of the molecule is CC(C)C(NC(=O)C(CC(N)=O)NC(=O)C(N)Cc1ccc(O)cc1)C(=O)NC(Cc1ccc(O)cc1)C(=O)O. The van der Waals surface area contributed by atoms with Gasteiger partial charge < -0.3 is 42.7 Å². The first-order valence-corrected chi connectivity index (χ1v) is 12.5. The van der Waals surface area contributed by atoms with E-state index in [2.05, 4.69) is 16.0 Å². The second-order valence-electron chi connectivity index (χ2n) is 9.71. The molecule has 0 spiro atoms. The van der Waals surface area contributed by atoms with E-state index in [4.69, 9.17) is 11.5 Å². The van der Waals surface area contributed by atoms with E-state index in [9.17, 15) is 39.3 Å². The Bertz CT molecular complexity index is 1200. The number of carboxylic acid groups (broad SMARTS) is 1. The Kier molecular flexibility index (Phi) is 11.4. The highest BCUT2D eigenvalue weighted by Gasteiger charge is 2.32. The van der Waals surface area contributed by atoms with Gasteiger partial charge in [-0.3, -0.25) is 19.2 Å². The highest BCUT2D eigenvalue weighted by atomic mass is 16.4. The number of hydrogen-bond donors (Lipinski definition) is 8. The van der Waals surface area contributed by atoms with Crippen LogP contribution in [-0.2, 0) is 36.8 Å². The smallest absolute Gasteiger partial charge is 0.326 e. The Labute approximate surface area is 230 Å². The highest BCUT2D eigenvalue weighted by Crippen LogP contribution is 2.13. The molecule has 0 heterocycles. The van der Waals surface area contributed by atoms with Crippen molar-refractivity contribution in [2.45, 2.75) is 57.3 Å². The molecule has 40 heavy (non-hydrogen) atoms. The summed E-state index contributed by atoms with van der Waals surface area (Å²) < 4.78 is 0. The second-order valence-corrected chi connectivity index (χ2v) is 9.71. The van der Waals surface area contributed by atoms with Crippen LogP contribution in [0.1, 0.15) is 31.4 Å². The molecule has 4 amide bonds. The van der Waals surface area contributed by atoms with Gasteiger partial charge in [0, 0.05) is 6.42 Å². The summed E-state index contributed by atoms with van der Waals surface area (Å²) in [5, 5.41) is 35.7. The molecule has 0 radical (unpaired) electrons. The Balaban J connectivity index is 2.10. The molecular formula is C27H35N5O8. The van der Waals surface area contributed by atoms with E-state index >= 15 is 0 Å². The maximum absolute atomic E-state index is 13.1. The maximum atomic E-state index is 13.1. The van der Waals surface area contributed by atoms with Gasteiger partial charge in [-0.2, -0.15) is 0 Å². The molecule has 0 saturated carbocycles. The predicted molar refractivity (Wildman–Crippen MR) is 144 cm³/mol. The summed E-state index contributed by atoms with van der Waals surface area (Å²) in [6, 6.07) is 6.72. The number of hydrogen-bond acceptors (Lipinski definition) is 8. The molecule has 2 aromatic carbocycles. The molecule has 0 aliphatic heterocycles. The standard InChI is InChI=1S/C27H35N5O8/c1-14(2)23(26(38)31-21(27(39)40)12-16-5-9-18(34)10-6-16)32-25(37)20(13-22(29)35)30-24(36)19(28)11-15-3-7-17(33)8-4-15/h3-10,14,19-21,23,33-34H,11-13,28H2,1-2H3,(H2,29,35)(H,30,36)(H,31,38)(H,32,37)(H,39,40). The zero-order valence-electron chi connectivity index (χ0n) is 22.2. The number of benzene rings is 2. The molecule has 2 aromatic rings. The summed E-state index contributed by atoms with van der Waals surface area (Å²) in [4.78, 5) is 62.3. The Hall–Kier alpha value is -4.65. The van der Waals surface area contributed by atoms with Crippen molar-refractivity contribution in [3.63, 3.8) is 0 Å². The summed E-state index contributed by atoms with van der Waals surface area (Å²) in [7, 11) is 0. The normalized spacial score (nSPS) is 13.9. The number of carbonyl (C=O) groups excluding carboxylic acids is 4. The molecule has 10 N–H and O–H groups in total. The van der Waals surface area contributed by atoms with Gasteiger partial charge in [-0.25, -0.2) is 4.79 Å². The fourth-order valence-corrected chi connectivity index (χ4v) is 3.79. The molecule has 0 fully saturated rings. The van der Waals surface area contributed by atoms with Crippen LogP contribution in [0.2, 0.25) is 0 Å². The van der Waals surface area contributed by atoms with Gasteiger partial charge in [0.05, 0.1) is 12.5 Å². The largest absolute Gasteiger partial charge is 0.508 e. The van der Waals surface area contributed by atoms with E-state index < -0.39 is 66.1 Å². The zero-order valence-corrected chi connectivity index (χ0v) is 22.2. The Morgan fingerprint density at radius 3 is 1.65 bits per heavy atom. The topological polar surface area (TPSA) is 234 Å². The fraction of sp³-hybridized carbons (Fsp3) is 0.370. The summed E-state index contributed by atoms with van der Waals surface area (Å²) in [6.07, 6.45) is -0.584. The third-order valence-electron chi connectivity index (χ3n) is 6.00. The lowest BCUT2D eigenvalue weighted by Gasteiger charge is -2.27. The summed E-state index contributed by atoms with van der Waals surface area (Å²) in [5.74, 6) is -5.09. The van der Waals surface area contributed by atoms with Gasteiger partial charge in [-0.05, 0) is 47.7 Å². The zero-order chi connectivity index (χ0) is 30.0. The van der Waals surface area contributed by atoms with Crippen molar-refractivity contribution in [2.75, 3.05) is 0 Å². The van der Waals surface area contributed by atoms with E-state index in [0.29, 0.717) is 11.1 Å². The van der Waals surface area contributed by atoms with Gasteiger partial charge in [0.25, 0.3) is 0 Å². The van der Waals surface area contributed by atoms with Crippen LogP contribution in [0.15, 0.2) is 48.5 Å². The van der Waals surface area contributed by atoms with Crippen LogP contribution in [0, 0.1) is 5.92 Å². The number of rotatable bonds is 14. The van der Waals surface area contributed by atoms with Crippen molar-refractivity contribution >= 4 is 29.6 Å². The predicted octanol–water partition coefficient (Wildman–Crippen LogP) is -0.719. The molecule has 216 valence electrons. The number of amides is 4. The molecule has 0 aliphatic carbocycles. The first kappa shape index (κ1) is 31.6. The molecule has 0 aromatic heterocycles. The van der Waals surface area contributed by atoms with Crippen molar-refractivity contribution in [3.05, 3.63) is 59.7 Å². The lowest BCUT2D eigenvalue weighted by molar-refractivity contribution is -0.142. The third kappa shape index (κ3) is 9.91. The second kappa shape index (κ2) is 14.5. The van der Waals surface area contributed by atoms with Gasteiger partial charge in [0.15, 0.2) is 0 Å². The molecule has 2 rings (SSSR count). The number of primary amides is 1. The molecule has 13 nitrogen and oxygen atoms in total. The van der Waals surface area contributed by atoms with Crippen LogP contribution >= 0.6 is 0 Å². The number of phenols is 2. The molecule has 0 bridgehead atoms. The summed E-state index contributed by atoms with van der Waals surface area (Å²) >= 11 is 0. The monoisotopic (exact) mass is 557 g/mol. The number of aromatic hydroxyl groups is 2. The molecule has 4 unspecified atom stereocenters. The molecule has 13 heteroatoms. The van der Waals surface area contributed by atoms with E-state index in [0.717, 1.165) is 0 Å². The lowest BCUT2D eigenvalue weighted by Crippen LogP contribution is -2.59. The van der Waals surface area contributed by atoms with Crippen LogP contribution in [0.25, 0.3) is 0 Å². The lowest BCUT2D eigenvalue weighted by atomic mass is 10.0. The van der Waals surface area contributed by atoms with Crippen molar-refractivity contribution in [1.29, 1.82) is 0 Å². The minimum atomic E-state index is -1.45. The van der Waals surface area contributed by atoms with E-state index in [1.807, 2.05) is 0 Å². The van der Waals surface area contributed by atoms with E-state index in [1.54, 1.807) is 26.0 Å². The highest BCUT2D eigenvalue weighted by molar-refractivity contribution is 5.96. The molecule has 4 atom stereocenters. The van der Waals surface area contributed by atoms with Gasteiger partial charge >= 0.3 is 5.97 Å². The molecular weight excluding hydrogens is 522 g/mol. The average molecular weight is 558 g/mol. The number of carboxylic acids is 1. The van der Waals surface area contributed by atoms with Gasteiger partial charge in [0.1, 0.15) is 29.6 Å². The van der Waals surface area contributed by atoms with Gasteiger partial charge in [-0.1, -0.05) is 38.1 Å². The quantitative estimate of drug-likeness (QED) is 0.146. The minimum Gasteiger partial charge on any atom is -0.508 e. The van der Waals surface area contributed by atoms with Gasteiger partial charge in [0.2, 0.25) is 23.6 Å². The van der Waals surface area contributed by atoms with Crippen LogP contribution in [0.3, 0.4) is 0 Å². The van der Waals surface area contributed by atoms with Crippen molar-refractivity contribution < 1.29 is 39.3 Å². The maximum Gasteiger partial charge on any atom is 0.326 e. The van der Waals surface area contributed by atoms with Crippen molar-refractivity contribution in [1.82, 2.24) is 16.0 Å². The van der Waals surface area contributed by atoms with Crippen LogP contribution in [0.5, 0.6) is 11.5 Å². The summed E-state index contributed by atoms with van der Waals surface area (Å²) in [5.41, 5.74) is 12.4. The number of nitrogens with one attached hydrogen (secondary N) is 3. The molecule has 0 aliphatic rings. The number of phenolic OH excluding ortho intramolecular Hbond substituents is 2. The van der Waals surface area contributed by atoms with Gasteiger partial charge in [-0.15, -0.1) is 0 Å². The first-order valence-electron chi connectivity index (χ1n) is 12.5. The van der Waals surface area contributed by atoms with E-state index in [1.165, 1.54) is 36.4 Å². The first-order chi connectivity index (χ1) is 18.8. The van der Waals surface area contributed by atoms with Crippen LogP contribution < -0.4 is 27.4 Å².